The van der Waals surface area contributed by atoms with Gasteiger partial charge >= 0.3 is 6.18 Å². The van der Waals surface area contributed by atoms with Gasteiger partial charge in [-0.3, -0.25) is 0 Å². The maximum Gasteiger partial charge on any atom is 0.393 e. The van der Waals surface area contributed by atoms with Gasteiger partial charge in [0.15, 0.2) is 0 Å². The zero-order chi connectivity index (χ0) is 18.2. The van der Waals surface area contributed by atoms with E-state index in [0.717, 1.165) is 9.87 Å². The topological polar surface area (TPSA) is 37.4 Å². The molecule has 2 atom stereocenters. The molecule has 1 aliphatic heterocycles. The molecule has 25 heavy (non-hydrogen) atoms. The second-order valence-electron chi connectivity index (χ2n) is 6.30. The molecular weight excluding hydrogens is 351 g/mol. The first-order chi connectivity index (χ1) is 11.7. The van der Waals surface area contributed by atoms with E-state index in [-0.39, 0.29) is 11.4 Å². The van der Waals surface area contributed by atoms with Crippen LogP contribution in [-0.2, 0) is 10.0 Å². The maximum atomic E-state index is 13.5. The van der Waals surface area contributed by atoms with E-state index in [1.165, 1.54) is 12.1 Å². The highest BCUT2D eigenvalue weighted by atomic mass is 32.2. The highest BCUT2D eigenvalue weighted by Crippen LogP contribution is 2.44. The summed E-state index contributed by atoms with van der Waals surface area (Å²) >= 11 is 0. The summed E-state index contributed by atoms with van der Waals surface area (Å²) in [4.78, 5) is 0.0211. The van der Waals surface area contributed by atoms with Crippen LogP contribution in [-0.4, -0.2) is 32.0 Å². The van der Waals surface area contributed by atoms with E-state index in [9.17, 15) is 21.6 Å². The van der Waals surface area contributed by atoms with Crippen LogP contribution >= 0.6 is 0 Å². The van der Waals surface area contributed by atoms with Crippen molar-refractivity contribution in [3.63, 3.8) is 0 Å². The Morgan fingerprint density at radius 2 is 1.56 bits per heavy atom. The molecule has 0 saturated carbocycles. The Labute approximate surface area is 145 Å². The molecule has 2 aromatic carbocycles. The summed E-state index contributed by atoms with van der Waals surface area (Å²) in [5.41, 5.74) is 1.39. The molecule has 3 nitrogen and oxygen atoms in total. The third-order valence-electron chi connectivity index (χ3n) is 4.59. The van der Waals surface area contributed by atoms with Crippen LogP contribution in [0.3, 0.4) is 0 Å². The number of halogens is 3. The highest BCUT2D eigenvalue weighted by molar-refractivity contribution is 7.89. The van der Waals surface area contributed by atoms with Crippen molar-refractivity contribution in [3.8, 4) is 0 Å². The van der Waals surface area contributed by atoms with Crippen LogP contribution in [0.4, 0.5) is 13.2 Å². The van der Waals surface area contributed by atoms with Crippen LogP contribution in [0.15, 0.2) is 59.5 Å². The average molecular weight is 369 g/mol. The van der Waals surface area contributed by atoms with E-state index in [2.05, 4.69) is 0 Å². The van der Waals surface area contributed by atoms with Gasteiger partial charge in [-0.15, -0.1) is 0 Å². The number of aryl methyl sites for hydroxylation is 1. The fourth-order valence-corrected chi connectivity index (χ4v) is 4.68. The quantitative estimate of drug-likeness (QED) is 0.821. The van der Waals surface area contributed by atoms with Gasteiger partial charge in [-0.1, -0.05) is 48.0 Å². The van der Waals surface area contributed by atoms with Crippen molar-refractivity contribution in [3.05, 3.63) is 65.7 Å². The van der Waals surface area contributed by atoms with E-state index in [0.29, 0.717) is 5.56 Å². The van der Waals surface area contributed by atoms with Crippen molar-refractivity contribution in [2.45, 2.75) is 23.9 Å². The summed E-state index contributed by atoms with van der Waals surface area (Å²) in [7, 11) is -3.96. The molecule has 0 spiro atoms. The number of benzene rings is 2. The molecule has 1 fully saturated rings. The summed E-state index contributed by atoms with van der Waals surface area (Å²) in [5, 5.41) is 0. The summed E-state index contributed by atoms with van der Waals surface area (Å²) < 4.78 is 66.9. The first-order valence-corrected chi connectivity index (χ1v) is 9.32. The molecule has 0 aromatic heterocycles. The second kappa shape index (κ2) is 6.46. The molecule has 2 unspecified atom stereocenters. The molecule has 1 saturated heterocycles. The van der Waals surface area contributed by atoms with Gasteiger partial charge in [-0.2, -0.15) is 17.5 Å². The Kier molecular flexibility index (Phi) is 4.64. The normalized spacial score (nSPS) is 22.2. The molecule has 1 heterocycles. The van der Waals surface area contributed by atoms with Gasteiger partial charge in [-0.05, 0) is 24.6 Å². The van der Waals surface area contributed by atoms with Gasteiger partial charge in [-0.25, -0.2) is 8.42 Å². The molecule has 0 amide bonds. The SMILES string of the molecule is Cc1ccc(S(=O)(=O)N2CC(c3ccccc3)C(C(F)(F)F)C2)cc1. The summed E-state index contributed by atoms with van der Waals surface area (Å²) in [6.07, 6.45) is -4.46. The van der Waals surface area contributed by atoms with Crippen molar-refractivity contribution in [2.75, 3.05) is 13.1 Å². The molecule has 0 N–H and O–H groups in total. The number of nitrogens with zero attached hydrogens (tertiary/aromatic N) is 1. The monoisotopic (exact) mass is 369 g/mol. The Bertz CT molecular complexity index is 833. The lowest BCUT2D eigenvalue weighted by Crippen LogP contribution is -2.32. The van der Waals surface area contributed by atoms with Gasteiger partial charge in [0, 0.05) is 19.0 Å². The Morgan fingerprint density at radius 3 is 2.12 bits per heavy atom. The van der Waals surface area contributed by atoms with E-state index in [1.807, 2.05) is 6.92 Å². The summed E-state index contributed by atoms with van der Waals surface area (Å²) in [5.74, 6) is -2.61. The number of hydrogen-bond donors (Lipinski definition) is 0. The molecule has 7 heteroatoms. The molecule has 3 rings (SSSR count). The van der Waals surface area contributed by atoms with Crippen molar-refractivity contribution < 1.29 is 21.6 Å². The van der Waals surface area contributed by atoms with Gasteiger partial charge < -0.3 is 0 Å². The number of sulfonamides is 1. The van der Waals surface area contributed by atoms with Crippen molar-refractivity contribution in [2.24, 2.45) is 5.92 Å². The first kappa shape index (κ1) is 17.9. The molecular formula is C18H18F3NO2S. The zero-order valence-electron chi connectivity index (χ0n) is 13.6. The first-order valence-electron chi connectivity index (χ1n) is 7.88. The summed E-state index contributed by atoms with van der Waals surface area (Å²) in [6, 6.07) is 14.4. The Balaban J connectivity index is 1.95. The van der Waals surface area contributed by atoms with E-state index < -0.39 is 34.6 Å². The third kappa shape index (κ3) is 3.57. The summed E-state index contributed by atoms with van der Waals surface area (Å²) in [6.45, 7) is 1.08. The molecule has 0 radical (unpaired) electrons. The molecule has 1 aliphatic rings. The van der Waals surface area contributed by atoms with Crippen molar-refractivity contribution in [1.82, 2.24) is 4.31 Å². The Hall–Kier alpha value is -1.86. The molecule has 0 aliphatic carbocycles. The highest BCUT2D eigenvalue weighted by Gasteiger charge is 2.52. The fraction of sp³-hybridized carbons (Fsp3) is 0.333. The fourth-order valence-electron chi connectivity index (χ4n) is 3.19. The molecule has 0 bridgehead atoms. The van der Waals surface area contributed by atoms with Crippen LogP contribution in [0, 0.1) is 12.8 Å². The van der Waals surface area contributed by atoms with Crippen LogP contribution in [0.25, 0.3) is 0 Å². The largest absolute Gasteiger partial charge is 0.393 e. The van der Waals surface area contributed by atoms with Gasteiger partial charge in [0.25, 0.3) is 0 Å². The van der Waals surface area contributed by atoms with E-state index in [1.54, 1.807) is 42.5 Å². The lowest BCUT2D eigenvalue weighted by Gasteiger charge is -2.21. The van der Waals surface area contributed by atoms with E-state index >= 15 is 0 Å². The van der Waals surface area contributed by atoms with Gasteiger partial charge in [0.2, 0.25) is 10.0 Å². The average Bonchev–Trinajstić information content (AvgIpc) is 3.02. The maximum absolute atomic E-state index is 13.5. The van der Waals surface area contributed by atoms with Crippen LogP contribution in [0.1, 0.15) is 17.0 Å². The predicted octanol–water partition coefficient (Wildman–Crippen LogP) is 3.96. The van der Waals surface area contributed by atoms with Crippen LogP contribution in [0.2, 0.25) is 0 Å². The van der Waals surface area contributed by atoms with E-state index in [4.69, 9.17) is 0 Å². The number of hydrogen-bond acceptors (Lipinski definition) is 2. The van der Waals surface area contributed by atoms with Gasteiger partial charge in [0.05, 0.1) is 10.8 Å². The lowest BCUT2D eigenvalue weighted by molar-refractivity contribution is -0.173. The second-order valence-corrected chi connectivity index (χ2v) is 8.24. The number of alkyl halides is 3. The lowest BCUT2D eigenvalue weighted by atomic mass is 9.88. The third-order valence-corrected chi connectivity index (χ3v) is 6.44. The van der Waals surface area contributed by atoms with Crippen molar-refractivity contribution in [1.29, 1.82) is 0 Å². The standard InChI is InChI=1S/C18H18F3NO2S/c1-13-7-9-15(10-8-13)25(23,24)22-11-16(14-5-3-2-4-6-14)17(12-22)18(19,20)21/h2-10,16-17H,11-12H2,1H3. The minimum Gasteiger partial charge on any atom is -0.207 e. The minimum absolute atomic E-state index is 0.0211. The smallest absolute Gasteiger partial charge is 0.207 e. The van der Waals surface area contributed by atoms with Crippen LogP contribution < -0.4 is 0 Å². The molecule has 2 aromatic rings. The van der Waals surface area contributed by atoms with Crippen LogP contribution in [0.5, 0.6) is 0 Å². The Morgan fingerprint density at radius 1 is 0.960 bits per heavy atom. The molecule has 134 valence electrons. The van der Waals surface area contributed by atoms with Crippen molar-refractivity contribution >= 4 is 10.0 Å². The minimum atomic E-state index is -4.46. The van der Waals surface area contributed by atoms with Gasteiger partial charge in [0.1, 0.15) is 0 Å². The predicted molar refractivity (Wildman–Crippen MR) is 88.7 cm³/mol. The zero-order valence-corrected chi connectivity index (χ0v) is 14.4. The number of rotatable bonds is 3.